The maximum Gasteiger partial charge on any atom is 0.315 e. The molecule has 1 aromatic rings. The second-order valence-corrected chi connectivity index (χ2v) is 3.93. The summed E-state index contributed by atoms with van der Waals surface area (Å²) in [6, 6.07) is 9.77. The number of benzene rings is 1. The second kappa shape index (κ2) is 5.08. The lowest BCUT2D eigenvalue weighted by Crippen LogP contribution is -2.38. The zero-order valence-electron chi connectivity index (χ0n) is 9.27. The maximum atomic E-state index is 12.2. The Morgan fingerprint density at radius 3 is 2.47 bits per heavy atom. The molecule has 0 N–H and O–H groups in total. The number of alkyl halides is 2. The molecule has 0 unspecified atom stereocenters. The Hall–Kier alpha value is -1.71. The molecule has 2 nitrogen and oxygen atoms in total. The average Bonchev–Trinajstić information content (AvgIpc) is 2.39. The van der Waals surface area contributed by atoms with E-state index in [1.165, 1.54) is 4.90 Å². The summed E-state index contributed by atoms with van der Waals surface area (Å²) in [6.07, 6.45) is -0.427. The molecule has 0 aromatic heterocycles. The number of carbonyl (C=O) groups excluding carboxylic acids is 1. The van der Waals surface area contributed by atoms with Crippen molar-refractivity contribution in [1.29, 1.82) is 0 Å². The van der Waals surface area contributed by atoms with Crippen LogP contribution in [-0.2, 0) is 4.79 Å². The summed E-state index contributed by atoms with van der Waals surface area (Å²) >= 11 is 0. The first-order chi connectivity index (χ1) is 8.18. The fourth-order valence-corrected chi connectivity index (χ4v) is 1.92. The lowest BCUT2D eigenvalue weighted by atomic mass is 10.00. The summed E-state index contributed by atoms with van der Waals surface area (Å²) in [4.78, 5) is 12.3. The Kier molecular flexibility index (Phi) is 3.52. The fraction of sp³-hybridized carbons (Fsp3) is 0.308. The lowest BCUT2D eigenvalue weighted by Gasteiger charge is -2.26. The van der Waals surface area contributed by atoms with Crippen LogP contribution in [0.25, 0.3) is 5.57 Å². The minimum absolute atomic E-state index is 0.271. The zero-order chi connectivity index (χ0) is 12.3. The molecular weight excluding hydrogens is 224 g/mol. The van der Waals surface area contributed by atoms with E-state index >= 15 is 0 Å². The lowest BCUT2D eigenvalue weighted by molar-refractivity contribution is -0.142. The highest BCUT2D eigenvalue weighted by molar-refractivity contribution is 5.80. The fourth-order valence-electron chi connectivity index (χ4n) is 1.92. The molecular formula is C13H13F2NO. The highest BCUT2D eigenvalue weighted by Crippen LogP contribution is 2.22. The largest absolute Gasteiger partial charge is 0.334 e. The SMILES string of the molecule is O=C(C(F)F)N1CC=C(c2ccccc2)CC1. The number of nitrogens with zero attached hydrogens (tertiary/aromatic N) is 1. The number of amides is 1. The third-order valence-electron chi connectivity index (χ3n) is 2.85. The van der Waals surface area contributed by atoms with E-state index in [0.717, 1.165) is 11.1 Å². The van der Waals surface area contributed by atoms with Gasteiger partial charge in [-0.2, -0.15) is 8.78 Å². The monoisotopic (exact) mass is 237 g/mol. The number of hydrogen-bond donors (Lipinski definition) is 0. The van der Waals surface area contributed by atoms with Crippen molar-refractivity contribution < 1.29 is 13.6 Å². The van der Waals surface area contributed by atoms with Gasteiger partial charge in [0.1, 0.15) is 0 Å². The van der Waals surface area contributed by atoms with Gasteiger partial charge in [0.05, 0.1) is 0 Å². The minimum atomic E-state index is -2.90. The van der Waals surface area contributed by atoms with Crippen molar-refractivity contribution in [1.82, 2.24) is 4.90 Å². The summed E-state index contributed by atoms with van der Waals surface area (Å²) in [6.45, 7) is 0.636. The van der Waals surface area contributed by atoms with Crippen LogP contribution in [0.15, 0.2) is 36.4 Å². The van der Waals surface area contributed by atoms with Gasteiger partial charge in [-0.05, 0) is 17.6 Å². The number of hydrogen-bond acceptors (Lipinski definition) is 1. The Balaban J connectivity index is 2.06. The van der Waals surface area contributed by atoms with E-state index in [1.54, 1.807) is 0 Å². The van der Waals surface area contributed by atoms with Gasteiger partial charge in [0, 0.05) is 13.1 Å². The van der Waals surface area contributed by atoms with Crippen molar-refractivity contribution >= 4 is 11.5 Å². The smallest absolute Gasteiger partial charge is 0.315 e. The highest BCUT2D eigenvalue weighted by atomic mass is 19.3. The van der Waals surface area contributed by atoms with E-state index in [-0.39, 0.29) is 6.54 Å². The molecule has 1 amide bonds. The molecule has 0 aliphatic carbocycles. The van der Waals surface area contributed by atoms with Crippen LogP contribution in [0, 0.1) is 0 Å². The highest BCUT2D eigenvalue weighted by Gasteiger charge is 2.24. The van der Waals surface area contributed by atoms with Gasteiger partial charge >= 0.3 is 6.43 Å². The van der Waals surface area contributed by atoms with Gasteiger partial charge in [-0.3, -0.25) is 4.79 Å². The topological polar surface area (TPSA) is 20.3 Å². The van der Waals surface area contributed by atoms with Gasteiger partial charge in [-0.15, -0.1) is 0 Å². The molecule has 0 saturated heterocycles. The molecule has 0 atom stereocenters. The van der Waals surface area contributed by atoms with Crippen LogP contribution >= 0.6 is 0 Å². The molecule has 4 heteroatoms. The van der Waals surface area contributed by atoms with E-state index in [1.807, 2.05) is 36.4 Å². The first kappa shape index (κ1) is 11.8. The minimum Gasteiger partial charge on any atom is -0.334 e. The predicted molar refractivity (Wildman–Crippen MR) is 61.6 cm³/mol. The molecule has 90 valence electrons. The van der Waals surface area contributed by atoms with Gasteiger partial charge < -0.3 is 4.90 Å². The first-order valence-electron chi connectivity index (χ1n) is 5.50. The molecule has 1 aliphatic rings. The molecule has 0 saturated carbocycles. The van der Waals surface area contributed by atoms with E-state index < -0.39 is 12.3 Å². The van der Waals surface area contributed by atoms with Gasteiger partial charge in [0.25, 0.3) is 5.91 Å². The zero-order valence-corrected chi connectivity index (χ0v) is 9.27. The van der Waals surface area contributed by atoms with Crippen molar-refractivity contribution in [2.24, 2.45) is 0 Å². The summed E-state index contributed by atoms with van der Waals surface area (Å²) in [5.74, 6) is -1.08. The molecule has 1 aromatic carbocycles. The van der Waals surface area contributed by atoms with Crippen LogP contribution in [-0.4, -0.2) is 30.3 Å². The molecule has 0 bridgehead atoms. The summed E-state index contributed by atoms with van der Waals surface area (Å²) in [7, 11) is 0. The summed E-state index contributed by atoms with van der Waals surface area (Å²) in [5, 5.41) is 0. The van der Waals surface area contributed by atoms with E-state index in [0.29, 0.717) is 13.0 Å². The summed E-state index contributed by atoms with van der Waals surface area (Å²) < 4.78 is 24.4. The van der Waals surface area contributed by atoms with Crippen molar-refractivity contribution in [3.05, 3.63) is 42.0 Å². The number of rotatable bonds is 2. The normalized spacial score (nSPS) is 15.9. The van der Waals surface area contributed by atoms with Gasteiger partial charge in [-0.1, -0.05) is 36.4 Å². The van der Waals surface area contributed by atoms with E-state index in [4.69, 9.17) is 0 Å². The van der Waals surface area contributed by atoms with Gasteiger partial charge in [0.15, 0.2) is 0 Å². The van der Waals surface area contributed by atoms with Crippen molar-refractivity contribution in [3.8, 4) is 0 Å². The summed E-state index contributed by atoms with van der Waals surface area (Å²) in [5.41, 5.74) is 2.21. The molecule has 1 heterocycles. The third kappa shape index (κ3) is 2.70. The van der Waals surface area contributed by atoms with Crippen molar-refractivity contribution in [2.75, 3.05) is 13.1 Å². The van der Waals surface area contributed by atoms with E-state index in [9.17, 15) is 13.6 Å². The molecule has 0 radical (unpaired) electrons. The van der Waals surface area contributed by atoms with Crippen LogP contribution < -0.4 is 0 Å². The van der Waals surface area contributed by atoms with Gasteiger partial charge in [-0.25, -0.2) is 0 Å². The van der Waals surface area contributed by atoms with Crippen LogP contribution in [0.2, 0.25) is 0 Å². The quantitative estimate of drug-likeness (QED) is 0.774. The Morgan fingerprint density at radius 1 is 1.24 bits per heavy atom. The standard InChI is InChI=1S/C13H13F2NO/c14-12(15)13(17)16-8-6-11(7-9-16)10-4-2-1-3-5-10/h1-6,12H,7-9H2. The van der Waals surface area contributed by atoms with Crippen LogP contribution in [0.3, 0.4) is 0 Å². The molecule has 1 aliphatic heterocycles. The predicted octanol–water partition coefficient (Wildman–Crippen LogP) is 2.57. The van der Waals surface area contributed by atoms with Crippen LogP contribution in [0.5, 0.6) is 0 Å². The van der Waals surface area contributed by atoms with Gasteiger partial charge in [0.2, 0.25) is 0 Å². The first-order valence-corrected chi connectivity index (χ1v) is 5.50. The van der Waals surface area contributed by atoms with Crippen molar-refractivity contribution in [2.45, 2.75) is 12.8 Å². The van der Waals surface area contributed by atoms with Crippen LogP contribution in [0.1, 0.15) is 12.0 Å². The molecule has 2 rings (SSSR count). The molecule has 17 heavy (non-hydrogen) atoms. The molecule has 0 fully saturated rings. The number of halogens is 2. The maximum absolute atomic E-state index is 12.2. The van der Waals surface area contributed by atoms with E-state index in [2.05, 4.69) is 0 Å². The second-order valence-electron chi connectivity index (χ2n) is 3.93. The number of carbonyl (C=O) groups is 1. The Morgan fingerprint density at radius 2 is 1.94 bits per heavy atom. The van der Waals surface area contributed by atoms with Crippen LogP contribution in [0.4, 0.5) is 8.78 Å². The third-order valence-corrected chi connectivity index (χ3v) is 2.85. The molecule has 0 spiro atoms. The Labute approximate surface area is 98.5 Å². The Bertz CT molecular complexity index is 428. The van der Waals surface area contributed by atoms with Crippen molar-refractivity contribution in [3.63, 3.8) is 0 Å². The average molecular weight is 237 g/mol.